The first kappa shape index (κ1) is 11.6. The lowest BCUT2D eigenvalue weighted by Gasteiger charge is -2.09. The van der Waals surface area contributed by atoms with E-state index in [4.69, 9.17) is 10.5 Å². The lowest BCUT2D eigenvalue weighted by Crippen LogP contribution is -2.07. The predicted molar refractivity (Wildman–Crippen MR) is 67.7 cm³/mol. The smallest absolute Gasteiger partial charge is 0.138 e. The van der Waals surface area contributed by atoms with Crippen LogP contribution in [0.2, 0.25) is 0 Å². The maximum atomic E-state index is 9.29. The molecule has 1 heterocycles. The van der Waals surface area contributed by atoms with Gasteiger partial charge in [0.1, 0.15) is 5.75 Å². The Kier molecular flexibility index (Phi) is 3.96. The van der Waals surface area contributed by atoms with Gasteiger partial charge >= 0.3 is 0 Å². The maximum Gasteiger partial charge on any atom is 0.138 e. The standard InChI is InChI=1S/C12H17NO2S/c13-11-6-9(3-4-12(11)14)7-16-8-10-2-1-5-15-10/h3-4,6,10,14H,1-2,5,7-8,13H2. The topological polar surface area (TPSA) is 55.5 Å². The monoisotopic (exact) mass is 239 g/mol. The van der Waals surface area contributed by atoms with E-state index in [1.54, 1.807) is 6.07 Å². The van der Waals surface area contributed by atoms with Crippen molar-refractivity contribution in [1.82, 2.24) is 0 Å². The summed E-state index contributed by atoms with van der Waals surface area (Å²) in [7, 11) is 0. The largest absolute Gasteiger partial charge is 0.506 e. The van der Waals surface area contributed by atoms with Gasteiger partial charge < -0.3 is 15.6 Å². The lowest BCUT2D eigenvalue weighted by molar-refractivity contribution is 0.129. The fraction of sp³-hybridized carbons (Fsp3) is 0.500. The Balaban J connectivity index is 1.78. The number of benzene rings is 1. The van der Waals surface area contributed by atoms with Gasteiger partial charge in [-0.25, -0.2) is 0 Å². The number of hydrogen-bond acceptors (Lipinski definition) is 4. The molecule has 1 aliphatic heterocycles. The first-order valence-corrected chi connectivity index (χ1v) is 6.68. The maximum absolute atomic E-state index is 9.29. The third kappa shape index (κ3) is 3.06. The number of nitrogen functional groups attached to an aromatic ring is 1. The van der Waals surface area contributed by atoms with Gasteiger partial charge in [0.05, 0.1) is 11.8 Å². The Morgan fingerprint density at radius 3 is 3.06 bits per heavy atom. The molecule has 3 nitrogen and oxygen atoms in total. The first-order chi connectivity index (χ1) is 7.75. The van der Waals surface area contributed by atoms with E-state index in [1.165, 1.54) is 12.8 Å². The van der Waals surface area contributed by atoms with E-state index in [9.17, 15) is 5.11 Å². The van der Waals surface area contributed by atoms with Gasteiger partial charge in [-0.2, -0.15) is 11.8 Å². The number of phenolic OH excluding ortho intramolecular Hbond substituents is 1. The van der Waals surface area contributed by atoms with Gasteiger partial charge in [0, 0.05) is 18.1 Å². The normalized spacial score (nSPS) is 20.1. The zero-order chi connectivity index (χ0) is 11.4. The van der Waals surface area contributed by atoms with E-state index in [2.05, 4.69) is 0 Å². The van der Waals surface area contributed by atoms with Crippen LogP contribution in [0.25, 0.3) is 0 Å². The molecular weight excluding hydrogens is 222 g/mol. The molecule has 1 atom stereocenters. The highest BCUT2D eigenvalue weighted by Gasteiger charge is 2.14. The summed E-state index contributed by atoms with van der Waals surface area (Å²) < 4.78 is 5.55. The van der Waals surface area contributed by atoms with Crippen molar-refractivity contribution in [2.24, 2.45) is 0 Å². The predicted octanol–water partition coefficient (Wildman–Crippen LogP) is 2.39. The molecular formula is C12H17NO2S. The van der Waals surface area contributed by atoms with Crippen molar-refractivity contribution in [3.05, 3.63) is 23.8 Å². The van der Waals surface area contributed by atoms with Crippen LogP contribution in [0.4, 0.5) is 5.69 Å². The molecule has 16 heavy (non-hydrogen) atoms. The molecule has 0 aliphatic carbocycles. The molecule has 0 radical (unpaired) electrons. The minimum atomic E-state index is 0.160. The molecule has 1 aromatic carbocycles. The van der Waals surface area contributed by atoms with Crippen molar-refractivity contribution >= 4 is 17.4 Å². The van der Waals surface area contributed by atoms with E-state index < -0.39 is 0 Å². The van der Waals surface area contributed by atoms with Gasteiger partial charge in [0.25, 0.3) is 0 Å². The number of phenols is 1. The summed E-state index contributed by atoms with van der Waals surface area (Å²) in [6.45, 7) is 0.914. The fourth-order valence-corrected chi connectivity index (χ4v) is 2.84. The molecule has 1 aromatic rings. The zero-order valence-electron chi connectivity index (χ0n) is 9.19. The minimum Gasteiger partial charge on any atom is -0.506 e. The molecule has 88 valence electrons. The van der Waals surface area contributed by atoms with Crippen molar-refractivity contribution in [3.8, 4) is 5.75 Å². The minimum absolute atomic E-state index is 0.160. The van der Waals surface area contributed by atoms with Gasteiger partial charge in [0.2, 0.25) is 0 Å². The van der Waals surface area contributed by atoms with Crippen LogP contribution < -0.4 is 5.73 Å². The summed E-state index contributed by atoms with van der Waals surface area (Å²) in [5, 5.41) is 9.29. The summed E-state index contributed by atoms with van der Waals surface area (Å²) in [4.78, 5) is 0. The van der Waals surface area contributed by atoms with Crippen molar-refractivity contribution in [3.63, 3.8) is 0 Å². The second-order valence-electron chi connectivity index (χ2n) is 4.04. The Bertz CT molecular complexity index is 351. The molecule has 1 aliphatic rings. The van der Waals surface area contributed by atoms with Crippen molar-refractivity contribution in [2.45, 2.75) is 24.7 Å². The van der Waals surface area contributed by atoms with E-state index >= 15 is 0 Å². The van der Waals surface area contributed by atoms with Crippen LogP contribution >= 0.6 is 11.8 Å². The third-order valence-corrected chi connectivity index (χ3v) is 3.83. The molecule has 4 heteroatoms. The summed E-state index contributed by atoms with van der Waals surface area (Å²) in [5.74, 6) is 2.12. The Hall–Kier alpha value is -0.870. The summed E-state index contributed by atoms with van der Waals surface area (Å²) >= 11 is 1.86. The second kappa shape index (κ2) is 5.46. The molecule has 0 spiro atoms. The van der Waals surface area contributed by atoms with Gasteiger partial charge in [-0.15, -0.1) is 0 Å². The summed E-state index contributed by atoms with van der Waals surface area (Å²) in [6.07, 6.45) is 2.81. The van der Waals surface area contributed by atoms with Crippen LogP contribution in [0.15, 0.2) is 18.2 Å². The van der Waals surface area contributed by atoms with Gasteiger partial charge in [-0.3, -0.25) is 0 Å². The first-order valence-electron chi connectivity index (χ1n) is 5.52. The Morgan fingerprint density at radius 2 is 2.38 bits per heavy atom. The van der Waals surface area contributed by atoms with Crippen molar-refractivity contribution < 1.29 is 9.84 Å². The molecule has 0 saturated carbocycles. The van der Waals surface area contributed by atoms with Crippen molar-refractivity contribution in [1.29, 1.82) is 0 Å². The zero-order valence-corrected chi connectivity index (χ0v) is 10.0. The number of nitrogens with two attached hydrogens (primary N) is 1. The highest BCUT2D eigenvalue weighted by Crippen LogP contribution is 2.24. The molecule has 0 aromatic heterocycles. The van der Waals surface area contributed by atoms with Crippen LogP contribution in [0, 0.1) is 0 Å². The van der Waals surface area contributed by atoms with Crippen LogP contribution in [0.1, 0.15) is 18.4 Å². The number of rotatable bonds is 4. The van der Waals surface area contributed by atoms with Crippen LogP contribution in [-0.4, -0.2) is 23.6 Å². The average Bonchev–Trinajstić information content (AvgIpc) is 2.76. The number of hydrogen-bond donors (Lipinski definition) is 2. The average molecular weight is 239 g/mol. The van der Waals surface area contributed by atoms with E-state index in [1.807, 2.05) is 23.9 Å². The van der Waals surface area contributed by atoms with E-state index in [0.29, 0.717) is 11.8 Å². The number of ether oxygens (including phenoxy) is 1. The van der Waals surface area contributed by atoms with Gasteiger partial charge in [-0.05, 0) is 30.5 Å². The van der Waals surface area contributed by atoms with Crippen LogP contribution in [-0.2, 0) is 10.5 Å². The number of thioether (sulfide) groups is 1. The molecule has 1 fully saturated rings. The molecule has 1 saturated heterocycles. The molecule has 2 rings (SSSR count). The second-order valence-corrected chi connectivity index (χ2v) is 5.07. The molecule has 0 bridgehead atoms. The van der Waals surface area contributed by atoms with E-state index in [0.717, 1.165) is 23.7 Å². The van der Waals surface area contributed by atoms with Crippen molar-refractivity contribution in [2.75, 3.05) is 18.1 Å². The summed E-state index contributed by atoms with van der Waals surface area (Å²) in [5.41, 5.74) is 7.24. The quantitative estimate of drug-likeness (QED) is 0.625. The van der Waals surface area contributed by atoms with Crippen LogP contribution in [0.5, 0.6) is 5.75 Å². The van der Waals surface area contributed by atoms with E-state index in [-0.39, 0.29) is 5.75 Å². The summed E-state index contributed by atoms with van der Waals surface area (Å²) in [6, 6.07) is 5.39. The molecule has 0 amide bonds. The highest BCUT2D eigenvalue weighted by atomic mass is 32.2. The third-order valence-electron chi connectivity index (χ3n) is 2.69. The Morgan fingerprint density at radius 1 is 1.50 bits per heavy atom. The fourth-order valence-electron chi connectivity index (χ4n) is 1.78. The SMILES string of the molecule is Nc1cc(CSCC2CCCO2)ccc1O. The molecule has 1 unspecified atom stereocenters. The van der Waals surface area contributed by atoms with Gasteiger partial charge in [-0.1, -0.05) is 6.07 Å². The Labute approximate surface area is 100.0 Å². The lowest BCUT2D eigenvalue weighted by atomic mass is 10.2. The number of anilines is 1. The number of aromatic hydroxyl groups is 1. The highest BCUT2D eigenvalue weighted by molar-refractivity contribution is 7.98. The van der Waals surface area contributed by atoms with Gasteiger partial charge in [0.15, 0.2) is 0 Å². The van der Waals surface area contributed by atoms with Crippen LogP contribution in [0.3, 0.4) is 0 Å². The molecule has 3 N–H and O–H groups in total.